The maximum Gasteiger partial charge on any atom is 0.313 e. The molecule has 1 unspecified atom stereocenters. The number of amides is 1. The van der Waals surface area contributed by atoms with Crippen molar-refractivity contribution >= 4 is 11.9 Å². The molecule has 4 atom stereocenters. The normalized spacial score (nSPS) is 31.5. The number of carboxylic acids is 1. The molecule has 1 heterocycles. The number of benzene rings is 1. The summed E-state index contributed by atoms with van der Waals surface area (Å²) in [6.07, 6.45) is 6.59. The van der Waals surface area contributed by atoms with Crippen LogP contribution in [0.5, 0.6) is 11.5 Å². The topological polar surface area (TPSA) is 121 Å². The summed E-state index contributed by atoms with van der Waals surface area (Å²) in [6, 6.07) is 4.98. The van der Waals surface area contributed by atoms with E-state index < -0.39 is 17.1 Å². The largest absolute Gasteiger partial charge is 0.496 e. The van der Waals surface area contributed by atoms with Gasteiger partial charge in [0.15, 0.2) is 0 Å². The zero-order valence-corrected chi connectivity index (χ0v) is 24.5. The third kappa shape index (κ3) is 5.93. The fraction of sp³-hybridized carbons (Fsp3) is 0.594. The first-order valence-electron chi connectivity index (χ1n) is 14.6. The minimum Gasteiger partial charge on any atom is -0.496 e. The molecule has 1 amide bonds. The number of carbonyl (C=O) groups excluding carboxylic acids is 1. The highest BCUT2D eigenvalue weighted by Crippen LogP contribution is 2.43. The maximum absolute atomic E-state index is 15.1. The van der Waals surface area contributed by atoms with Crippen molar-refractivity contribution in [3.8, 4) is 17.6 Å². The molecule has 0 radical (unpaired) electrons. The number of methoxy groups -OCH3 is 1. The lowest BCUT2D eigenvalue weighted by atomic mass is 9.72. The van der Waals surface area contributed by atoms with E-state index in [0.717, 1.165) is 31.4 Å². The highest BCUT2D eigenvalue weighted by Gasteiger charge is 2.44. The van der Waals surface area contributed by atoms with Gasteiger partial charge in [0, 0.05) is 23.7 Å². The minimum atomic E-state index is -1.42. The Morgan fingerprint density at radius 3 is 2.51 bits per heavy atom. The van der Waals surface area contributed by atoms with E-state index in [1.54, 1.807) is 13.0 Å². The predicted octanol–water partition coefficient (Wildman–Crippen LogP) is 5.68. The van der Waals surface area contributed by atoms with Gasteiger partial charge in [0.1, 0.15) is 23.2 Å². The zero-order valence-electron chi connectivity index (χ0n) is 24.5. The number of ether oxygens (including phenoxy) is 2. The number of hydrogen-bond acceptors (Lipinski definition) is 6. The number of aliphatic carboxylic acids is 1. The Labute approximate surface area is 242 Å². The fourth-order valence-corrected chi connectivity index (χ4v) is 6.77. The molecule has 0 saturated heterocycles. The van der Waals surface area contributed by atoms with Gasteiger partial charge in [-0.1, -0.05) is 25.8 Å². The van der Waals surface area contributed by atoms with Gasteiger partial charge in [0.2, 0.25) is 0 Å². The summed E-state index contributed by atoms with van der Waals surface area (Å²) in [5.74, 6) is -0.438. The molecule has 2 saturated carbocycles. The molecule has 3 aliphatic rings. The smallest absolute Gasteiger partial charge is 0.313 e. The lowest BCUT2D eigenvalue weighted by Crippen LogP contribution is -2.47. The molecular weight excluding hydrogens is 525 g/mol. The van der Waals surface area contributed by atoms with Crippen molar-refractivity contribution in [3.63, 3.8) is 0 Å². The predicted molar refractivity (Wildman–Crippen MR) is 153 cm³/mol. The molecule has 1 aliphatic heterocycles. The van der Waals surface area contributed by atoms with E-state index in [-0.39, 0.29) is 53.1 Å². The molecular formula is C32H42FN3O5. The van der Waals surface area contributed by atoms with Gasteiger partial charge in [0.25, 0.3) is 5.91 Å². The lowest BCUT2D eigenvalue weighted by molar-refractivity contribution is -0.148. The van der Waals surface area contributed by atoms with Crippen LogP contribution in [0.15, 0.2) is 36.1 Å². The quantitative estimate of drug-likeness (QED) is 0.329. The monoisotopic (exact) mass is 567 g/mol. The van der Waals surface area contributed by atoms with E-state index in [9.17, 15) is 20.0 Å². The Bertz CT molecular complexity index is 1260. The van der Waals surface area contributed by atoms with Gasteiger partial charge < -0.3 is 25.2 Å². The molecule has 3 N–H and O–H groups in total. The van der Waals surface area contributed by atoms with Gasteiger partial charge in [0.05, 0.1) is 36.3 Å². The van der Waals surface area contributed by atoms with Crippen LogP contribution in [-0.4, -0.2) is 48.5 Å². The summed E-state index contributed by atoms with van der Waals surface area (Å²) in [4.78, 5) is 25.6. The highest BCUT2D eigenvalue weighted by atomic mass is 19.1. The Kier molecular flexibility index (Phi) is 9.00. The molecule has 2 aliphatic carbocycles. The van der Waals surface area contributed by atoms with E-state index in [4.69, 9.17) is 9.47 Å². The number of hydrogen-bond donors (Lipinski definition) is 3. The van der Waals surface area contributed by atoms with Crippen molar-refractivity contribution in [2.75, 3.05) is 13.7 Å². The standard InChI is InChI=1S/C32H42FN3O5/c1-6-20-9-8-10-24(27(20)28-19(3)31(4,33)18-35-28)36-29(37)23-16-25(21(17-34)15-26(23)40-5)41-22-11-13-32(7-2,14-12-22)30(38)39/h7,15-16,20,22,24,27,35H,2,6,8-14,18H2,1,3-5H3,(H,36,37)(H,38,39)/t20-,22?,24+,27-,31?,32?/m0/s1. The van der Waals surface area contributed by atoms with E-state index in [1.165, 1.54) is 19.3 Å². The Morgan fingerprint density at radius 1 is 1.27 bits per heavy atom. The summed E-state index contributed by atoms with van der Waals surface area (Å²) >= 11 is 0. The van der Waals surface area contributed by atoms with Crippen LogP contribution in [0.3, 0.4) is 0 Å². The zero-order chi connectivity index (χ0) is 29.9. The molecule has 222 valence electrons. The van der Waals surface area contributed by atoms with Gasteiger partial charge >= 0.3 is 5.97 Å². The first-order chi connectivity index (χ1) is 19.5. The van der Waals surface area contributed by atoms with Crippen LogP contribution < -0.4 is 20.1 Å². The number of nitrogens with one attached hydrogen (secondary N) is 2. The van der Waals surface area contributed by atoms with Crippen molar-refractivity contribution in [2.24, 2.45) is 17.3 Å². The molecule has 41 heavy (non-hydrogen) atoms. The van der Waals surface area contributed by atoms with E-state index >= 15 is 4.39 Å². The Balaban J connectivity index is 1.59. The highest BCUT2D eigenvalue weighted by molar-refractivity contribution is 5.98. The van der Waals surface area contributed by atoms with E-state index in [1.807, 2.05) is 6.92 Å². The fourth-order valence-electron chi connectivity index (χ4n) is 6.77. The molecule has 1 aromatic rings. The van der Waals surface area contributed by atoms with Gasteiger partial charge in [-0.3, -0.25) is 9.59 Å². The van der Waals surface area contributed by atoms with Crippen molar-refractivity contribution in [1.29, 1.82) is 5.26 Å². The third-order valence-electron chi connectivity index (χ3n) is 9.60. The number of carboxylic acid groups (broad SMARTS) is 1. The van der Waals surface area contributed by atoms with Crippen molar-refractivity contribution in [1.82, 2.24) is 10.6 Å². The lowest BCUT2D eigenvalue weighted by Gasteiger charge is -2.39. The van der Waals surface area contributed by atoms with Crippen LogP contribution in [0.2, 0.25) is 0 Å². The van der Waals surface area contributed by atoms with Crippen LogP contribution in [0.1, 0.15) is 88.1 Å². The second kappa shape index (κ2) is 12.1. The van der Waals surface area contributed by atoms with Crippen LogP contribution in [0.4, 0.5) is 4.39 Å². The second-order valence-electron chi connectivity index (χ2n) is 11.9. The number of alkyl halides is 1. The number of halogens is 1. The Hall–Kier alpha value is -3.54. The van der Waals surface area contributed by atoms with Crippen LogP contribution in [-0.2, 0) is 4.79 Å². The van der Waals surface area contributed by atoms with Gasteiger partial charge in [-0.15, -0.1) is 6.58 Å². The molecule has 0 bridgehead atoms. The van der Waals surface area contributed by atoms with Crippen molar-refractivity contribution in [3.05, 3.63) is 47.2 Å². The average Bonchev–Trinajstić information content (AvgIpc) is 3.24. The minimum absolute atomic E-state index is 0.0306. The number of nitriles is 1. The average molecular weight is 568 g/mol. The van der Waals surface area contributed by atoms with Crippen molar-refractivity contribution < 1.29 is 28.6 Å². The molecule has 4 rings (SSSR count). The maximum atomic E-state index is 15.1. The van der Waals surface area contributed by atoms with Crippen molar-refractivity contribution in [2.45, 2.75) is 90.0 Å². The Morgan fingerprint density at radius 2 is 1.98 bits per heavy atom. The SMILES string of the molecule is C=CC1(C(=O)O)CCC(Oc2cc(C(=O)N[C@@H]3CCC[C@H](CC)[C@@H]3C3=C(C)C(C)(F)CN3)c(OC)cc2C#N)CC1. The molecule has 8 nitrogen and oxygen atoms in total. The summed E-state index contributed by atoms with van der Waals surface area (Å²) in [6.45, 7) is 9.51. The van der Waals surface area contributed by atoms with Crippen LogP contribution >= 0.6 is 0 Å². The molecule has 2 fully saturated rings. The summed E-state index contributed by atoms with van der Waals surface area (Å²) < 4.78 is 26.8. The first kappa shape index (κ1) is 30.4. The number of rotatable bonds is 9. The summed E-state index contributed by atoms with van der Waals surface area (Å²) in [5, 5.41) is 26.0. The third-order valence-corrected chi connectivity index (χ3v) is 9.60. The summed E-state index contributed by atoms with van der Waals surface area (Å²) in [7, 11) is 1.45. The van der Waals surface area contributed by atoms with Gasteiger partial charge in [-0.05, 0) is 69.9 Å². The first-order valence-corrected chi connectivity index (χ1v) is 14.6. The van der Waals surface area contributed by atoms with Gasteiger partial charge in [-0.25, -0.2) is 4.39 Å². The molecule has 9 heteroatoms. The van der Waals surface area contributed by atoms with Crippen LogP contribution in [0.25, 0.3) is 0 Å². The molecule has 1 aromatic carbocycles. The number of nitrogens with zero attached hydrogens (tertiary/aromatic N) is 1. The molecule has 0 aromatic heterocycles. The molecule has 0 spiro atoms. The van der Waals surface area contributed by atoms with E-state index in [0.29, 0.717) is 37.2 Å². The van der Waals surface area contributed by atoms with E-state index in [2.05, 4.69) is 30.2 Å². The van der Waals surface area contributed by atoms with Crippen LogP contribution in [0, 0.1) is 28.6 Å². The second-order valence-corrected chi connectivity index (χ2v) is 11.9. The number of carbonyl (C=O) groups is 2. The summed E-state index contributed by atoms with van der Waals surface area (Å²) in [5.41, 5.74) is -0.311. The van der Waals surface area contributed by atoms with Gasteiger partial charge in [-0.2, -0.15) is 5.26 Å².